The lowest BCUT2D eigenvalue weighted by Gasteiger charge is -2.19. The molecule has 0 saturated carbocycles. The van der Waals surface area contributed by atoms with Crippen molar-refractivity contribution >= 4 is 14.0 Å². The Kier molecular flexibility index (Phi) is 14.9. The molecule has 0 nitrogen and oxygen atoms in total. The zero-order valence-corrected chi connectivity index (χ0v) is 18.7. The second kappa shape index (κ2) is 16.6. The third kappa shape index (κ3) is 11.9. The summed E-state index contributed by atoms with van der Waals surface area (Å²) in [6, 6.07) is 10.9. The molecule has 0 aliphatic heterocycles. The van der Waals surface area contributed by atoms with E-state index < -0.39 is 0 Å². The highest BCUT2D eigenvalue weighted by Gasteiger charge is 2.10. The lowest BCUT2D eigenvalue weighted by atomic mass is 10.1. The molecule has 0 aromatic heterocycles. The number of rotatable bonds is 16. The van der Waals surface area contributed by atoms with Gasteiger partial charge in [-0.2, -0.15) is 0 Å². The van der Waals surface area contributed by atoms with Crippen LogP contribution < -0.4 is 0 Å². The van der Waals surface area contributed by atoms with Crippen LogP contribution in [-0.2, 0) is 0 Å². The van der Waals surface area contributed by atoms with Crippen LogP contribution in [-0.4, -0.2) is 12.3 Å². The van der Waals surface area contributed by atoms with Crippen LogP contribution in [0.4, 0.5) is 0 Å². The zero-order valence-electron chi connectivity index (χ0n) is 17.8. The maximum Gasteiger partial charge on any atom is -0.0254 e. The van der Waals surface area contributed by atoms with Gasteiger partial charge in [-0.15, -0.1) is 0 Å². The molecule has 1 rings (SSSR count). The Balaban J connectivity index is 2.44. The topological polar surface area (TPSA) is 0 Å². The summed E-state index contributed by atoms with van der Waals surface area (Å²) < 4.78 is 0. The van der Waals surface area contributed by atoms with Gasteiger partial charge in [-0.1, -0.05) is 122 Å². The Morgan fingerprint density at radius 3 is 1.65 bits per heavy atom. The first-order valence-electron chi connectivity index (χ1n) is 11.3. The highest BCUT2D eigenvalue weighted by atomic mass is 31.1. The summed E-state index contributed by atoms with van der Waals surface area (Å²) in [5.41, 5.74) is 1.38. The van der Waals surface area contributed by atoms with E-state index in [-0.39, 0.29) is 7.92 Å². The van der Waals surface area contributed by atoms with Crippen molar-refractivity contribution < 1.29 is 0 Å². The second-order valence-electron chi connectivity index (χ2n) is 7.72. The summed E-state index contributed by atoms with van der Waals surface area (Å²) in [6.07, 6.45) is 22.4. The average Bonchev–Trinajstić information content (AvgIpc) is 2.66. The Morgan fingerprint density at radius 2 is 1.15 bits per heavy atom. The van der Waals surface area contributed by atoms with Crippen LogP contribution in [0.25, 0.3) is 6.08 Å². The average molecular weight is 375 g/mol. The second-order valence-corrected chi connectivity index (χ2v) is 10.4. The van der Waals surface area contributed by atoms with Crippen LogP contribution in [0.3, 0.4) is 0 Å². The van der Waals surface area contributed by atoms with Crippen LogP contribution in [0.5, 0.6) is 0 Å². The van der Waals surface area contributed by atoms with E-state index in [2.05, 4.69) is 57.2 Å². The Morgan fingerprint density at radius 1 is 0.692 bits per heavy atom. The van der Waals surface area contributed by atoms with E-state index in [1.54, 1.807) is 5.31 Å². The van der Waals surface area contributed by atoms with E-state index in [0.717, 1.165) is 0 Å². The van der Waals surface area contributed by atoms with Crippen molar-refractivity contribution in [1.82, 2.24) is 0 Å². The maximum absolute atomic E-state index is 2.46. The minimum Gasteiger partial charge on any atom is -0.0800 e. The quantitative estimate of drug-likeness (QED) is 0.200. The minimum absolute atomic E-state index is 0.0666. The molecule has 1 heteroatoms. The SMILES string of the molecule is CCCCCCCCP(CCCCCCCC)C(C)=Cc1ccccc1. The van der Waals surface area contributed by atoms with Gasteiger partial charge in [0.15, 0.2) is 0 Å². The molecule has 0 amide bonds. The zero-order chi connectivity index (χ0) is 18.9. The van der Waals surface area contributed by atoms with Gasteiger partial charge in [-0.3, -0.25) is 0 Å². The molecule has 0 radical (unpaired) electrons. The van der Waals surface area contributed by atoms with Gasteiger partial charge >= 0.3 is 0 Å². The number of benzene rings is 1. The van der Waals surface area contributed by atoms with Crippen LogP contribution in [0, 0.1) is 0 Å². The summed E-state index contributed by atoms with van der Waals surface area (Å²) in [6.45, 7) is 7.00. The molecule has 0 aliphatic rings. The van der Waals surface area contributed by atoms with Gasteiger partial charge in [0.05, 0.1) is 0 Å². The van der Waals surface area contributed by atoms with Crippen molar-refractivity contribution in [3.63, 3.8) is 0 Å². The summed E-state index contributed by atoms with van der Waals surface area (Å²) in [4.78, 5) is 0. The largest absolute Gasteiger partial charge is 0.0800 e. The molecule has 0 N–H and O–H groups in total. The Hall–Kier alpha value is -0.610. The number of hydrogen-bond donors (Lipinski definition) is 0. The number of hydrogen-bond acceptors (Lipinski definition) is 0. The Bertz CT molecular complexity index is 432. The molecule has 148 valence electrons. The number of allylic oxidation sites excluding steroid dienone is 1. The van der Waals surface area contributed by atoms with E-state index in [1.807, 2.05) is 0 Å². The normalized spacial score (nSPS) is 12.1. The highest BCUT2D eigenvalue weighted by Crippen LogP contribution is 2.47. The van der Waals surface area contributed by atoms with Gasteiger partial charge in [0.1, 0.15) is 0 Å². The lowest BCUT2D eigenvalue weighted by molar-refractivity contribution is 0.622. The fraction of sp³-hybridized carbons (Fsp3) is 0.680. The van der Waals surface area contributed by atoms with Crippen molar-refractivity contribution in [2.24, 2.45) is 0 Å². The Labute approximate surface area is 165 Å². The fourth-order valence-electron chi connectivity index (χ4n) is 3.51. The van der Waals surface area contributed by atoms with Gasteiger partial charge in [0, 0.05) is 0 Å². The third-order valence-electron chi connectivity index (χ3n) is 5.24. The summed E-state index contributed by atoms with van der Waals surface area (Å²) in [7, 11) is 0.0666. The predicted molar refractivity (Wildman–Crippen MR) is 123 cm³/mol. The van der Waals surface area contributed by atoms with Crippen molar-refractivity contribution in [2.75, 3.05) is 12.3 Å². The van der Waals surface area contributed by atoms with Crippen molar-refractivity contribution in [1.29, 1.82) is 0 Å². The standard InChI is InChI=1S/C25H43P/c1-4-6-8-10-12-17-21-26(22-18-13-11-9-7-5-2)24(3)23-25-19-15-14-16-20-25/h14-16,19-20,23H,4-13,17-18,21-22H2,1-3H3. The number of unbranched alkanes of at least 4 members (excludes halogenated alkanes) is 10. The molecule has 0 fully saturated rings. The molecule has 0 bridgehead atoms. The van der Waals surface area contributed by atoms with Crippen LogP contribution in [0.2, 0.25) is 0 Å². The molecule has 1 aromatic rings. The minimum atomic E-state index is 0.0666. The molecular weight excluding hydrogens is 331 g/mol. The fourth-order valence-corrected chi connectivity index (χ4v) is 5.98. The van der Waals surface area contributed by atoms with Gasteiger partial charge in [-0.05, 0) is 43.0 Å². The lowest BCUT2D eigenvalue weighted by Crippen LogP contribution is -1.94. The molecule has 1 aromatic carbocycles. The summed E-state index contributed by atoms with van der Waals surface area (Å²) in [5, 5.41) is 1.66. The third-order valence-corrected chi connectivity index (χ3v) is 8.08. The smallest absolute Gasteiger partial charge is 0.0254 e. The van der Waals surface area contributed by atoms with Gasteiger partial charge in [0.25, 0.3) is 0 Å². The molecule has 0 heterocycles. The highest BCUT2D eigenvalue weighted by molar-refractivity contribution is 7.62. The monoisotopic (exact) mass is 374 g/mol. The van der Waals surface area contributed by atoms with E-state index in [4.69, 9.17) is 0 Å². The van der Waals surface area contributed by atoms with Crippen molar-refractivity contribution in [3.05, 3.63) is 41.2 Å². The first-order valence-corrected chi connectivity index (χ1v) is 13.0. The summed E-state index contributed by atoms with van der Waals surface area (Å²) >= 11 is 0. The molecular formula is C25H43P. The molecule has 0 atom stereocenters. The maximum atomic E-state index is 2.46. The van der Waals surface area contributed by atoms with E-state index in [1.165, 1.54) is 94.9 Å². The van der Waals surface area contributed by atoms with Crippen molar-refractivity contribution in [2.45, 2.75) is 97.8 Å². The van der Waals surface area contributed by atoms with Gasteiger partial charge in [-0.25, -0.2) is 0 Å². The first-order chi connectivity index (χ1) is 12.8. The van der Waals surface area contributed by atoms with E-state index in [9.17, 15) is 0 Å². The van der Waals surface area contributed by atoms with Gasteiger partial charge in [0.2, 0.25) is 0 Å². The molecule has 0 saturated heterocycles. The van der Waals surface area contributed by atoms with Crippen LogP contribution >= 0.6 is 7.92 Å². The van der Waals surface area contributed by atoms with Gasteiger partial charge < -0.3 is 0 Å². The summed E-state index contributed by atoms with van der Waals surface area (Å²) in [5.74, 6) is 0. The molecule has 0 aliphatic carbocycles. The van der Waals surface area contributed by atoms with Crippen molar-refractivity contribution in [3.8, 4) is 0 Å². The molecule has 0 unspecified atom stereocenters. The molecule has 0 spiro atoms. The van der Waals surface area contributed by atoms with E-state index >= 15 is 0 Å². The van der Waals surface area contributed by atoms with Crippen LogP contribution in [0.1, 0.15) is 103 Å². The van der Waals surface area contributed by atoms with E-state index in [0.29, 0.717) is 0 Å². The van der Waals surface area contributed by atoms with Crippen LogP contribution in [0.15, 0.2) is 35.6 Å². The molecule has 26 heavy (non-hydrogen) atoms. The first kappa shape index (κ1) is 23.4. The predicted octanol–water partition coefficient (Wildman–Crippen LogP) is 9.25.